The molecule has 0 fully saturated rings. The van der Waals surface area contributed by atoms with Crippen molar-refractivity contribution in [3.8, 4) is 0 Å². The summed E-state index contributed by atoms with van der Waals surface area (Å²) in [6.07, 6.45) is 1.81. The molecule has 0 aromatic carbocycles. The second kappa shape index (κ2) is 6.21. The molecule has 1 aromatic rings. The molecule has 1 heterocycles. The number of urea groups is 1. The summed E-state index contributed by atoms with van der Waals surface area (Å²) in [5.41, 5.74) is 1.73. The lowest BCUT2D eigenvalue weighted by Gasteiger charge is -2.18. The molecule has 0 aliphatic carbocycles. The Kier molecular flexibility index (Phi) is 4.91. The lowest BCUT2D eigenvalue weighted by atomic mass is 10.1. The van der Waals surface area contributed by atoms with E-state index in [-0.39, 0.29) is 5.92 Å². The van der Waals surface area contributed by atoms with Crippen molar-refractivity contribution in [3.63, 3.8) is 0 Å². The van der Waals surface area contributed by atoms with Gasteiger partial charge in [0, 0.05) is 25.4 Å². The molecular formula is C12H20N4O3. The fourth-order valence-corrected chi connectivity index (χ4v) is 1.70. The largest absolute Gasteiger partial charge is 0.480 e. The molecule has 106 valence electrons. The lowest BCUT2D eigenvalue weighted by Crippen LogP contribution is -2.48. The normalized spacial score (nSPS) is 12.3. The van der Waals surface area contributed by atoms with Gasteiger partial charge in [-0.25, -0.2) is 9.59 Å². The molecule has 0 aliphatic rings. The molecule has 7 nitrogen and oxygen atoms in total. The van der Waals surface area contributed by atoms with Gasteiger partial charge < -0.3 is 15.7 Å². The van der Waals surface area contributed by atoms with Gasteiger partial charge in [-0.2, -0.15) is 5.10 Å². The molecule has 0 spiro atoms. The Hall–Kier alpha value is -2.05. The van der Waals surface area contributed by atoms with E-state index in [4.69, 9.17) is 5.11 Å². The van der Waals surface area contributed by atoms with Crippen molar-refractivity contribution in [1.29, 1.82) is 0 Å². The van der Waals surface area contributed by atoms with E-state index in [1.807, 2.05) is 13.1 Å². The first kappa shape index (κ1) is 15.0. The number of hydrogen-bond donors (Lipinski definition) is 3. The highest BCUT2D eigenvalue weighted by Gasteiger charge is 2.23. The predicted molar refractivity (Wildman–Crippen MR) is 69.6 cm³/mol. The van der Waals surface area contributed by atoms with Gasteiger partial charge in [-0.05, 0) is 12.8 Å². The van der Waals surface area contributed by atoms with Gasteiger partial charge in [0.1, 0.15) is 6.04 Å². The maximum Gasteiger partial charge on any atom is 0.326 e. The van der Waals surface area contributed by atoms with E-state index in [1.165, 1.54) is 0 Å². The van der Waals surface area contributed by atoms with Gasteiger partial charge in [0.25, 0.3) is 0 Å². The first-order chi connectivity index (χ1) is 8.81. The minimum absolute atomic E-state index is 0.177. The van der Waals surface area contributed by atoms with Crippen LogP contribution in [0.15, 0.2) is 6.20 Å². The first-order valence-corrected chi connectivity index (χ1v) is 6.07. The summed E-state index contributed by atoms with van der Waals surface area (Å²) >= 11 is 0. The highest BCUT2D eigenvalue weighted by molar-refractivity contribution is 5.82. The highest BCUT2D eigenvalue weighted by Crippen LogP contribution is 2.04. The van der Waals surface area contributed by atoms with E-state index in [9.17, 15) is 9.59 Å². The Morgan fingerprint density at radius 2 is 2.11 bits per heavy atom. The first-order valence-electron chi connectivity index (χ1n) is 6.07. The number of aryl methyl sites for hydroxylation is 2. The number of nitrogens with zero attached hydrogens (tertiary/aromatic N) is 2. The van der Waals surface area contributed by atoms with Crippen molar-refractivity contribution in [2.24, 2.45) is 13.0 Å². The van der Waals surface area contributed by atoms with E-state index in [0.717, 1.165) is 11.3 Å². The summed E-state index contributed by atoms with van der Waals surface area (Å²) in [5.74, 6) is -1.22. The van der Waals surface area contributed by atoms with Crippen molar-refractivity contribution in [2.75, 3.05) is 0 Å². The molecule has 0 saturated carbocycles. The number of carbonyl (C=O) groups excluding carboxylic acids is 1. The Morgan fingerprint density at radius 1 is 1.47 bits per heavy atom. The van der Waals surface area contributed by atoms with Crippen LogP contribution in [0.3, 0.4) is 0 Å². The summed E-state index contributed by atoms with van der Waals surface area (Å²) < 4.78 is 1.67. The van der Waals surface area contributed by atoms with Crippen LogP contribution in [-0.4, -0.2) is 32.9 Å². The summed E-state index contributed by atoms with van der Waals surface area (Å²) in [5, 5.41) is 18.2. The van der Waals surface area contributed by atoms with Gasteiger partial charge in [-0.15, -0.1) is 0 Å². The number of carbonyl (C=O) groups is 2. The number of amides is 2. The van der Waals surface area contributed by atoms with E-state index in [2.05, 4.69) is 15.7 Å². The molecular weight excluding hydrogens is 248 g/mol. The summed E-state index contributed by atoms with van der Waals surface area (Å²) in [6.45, 7) is 5.65. The molecule has 1 aromatic heterocycles. The average Bonchev–Trinajstić information content (AvgIpc) is 2.61. The quantitative estimate of drug-likeness (QED) is 0.730. The maximum atomic E-state index is 11.6. The summed E-state index contributed by atoms with van der Waals surface area (Å²) in [6, 6.07) is -1.39. The standard InChI is InChI=1S/C12H20N4O3/c1-7(2)10(11(17)18)14-12(19)13-5-9-6-16(4)15-8(9)3/h6-7,10H,5H2,1-4H3,(H,17,18)(H2,13,14,19). The zero-order valence-corrected chi connectivity index (χ0v) is 11.6. The number of nitrogens with one attached hydrogen (secondary N) is 2. The van der Waals surface area contributed by atoms with Crippen LogP contribution in [0.25, 0.3) is 0 Å². The Balaban J connectivity index is 2.52. The number of rotatable bonds is 5. The van der Waals surface area contributed by atoms with Crippen LogP contribution in [0.5, 0.6) is 0 Å². The molecule has 7 heteroatoms. The number of carboxylic acid groups (broad SMARTS) is 1. The third-order valence-corrected chi connectivity index (χ3v) is 2.77. The monoisotopic (exact) mass is 268 g/mol. The van der Waals surface area contributed by atoms with E-state index in [1.54, 1.807) is 25.6 Å². The zero-order chi connectivity index (χ0) is 14.6. The SMILES string of the molecule is Cc1nn(C)cc1CNC(=O)NC(C(=O)O)C(C)C. The van der Waals surface area contributed by atoms with Gasteiger partial charge in [-0.3, -0.25) is 4.68 Å². The van der Waals surface area contributed by atoms with E-state index >= 15 is 0 Å². The molecule has 2 amide bonds. The van der Waals surface area contributed by atoms with Crippen molar-refractivity contribution in [1.82, 2.24) is 20.4 Å². The molecule has 1 unspecified atom stereocenters. The minimum Gasteiger partial charge on any atom is -0.480 e. The lowest BCUT2D eigenvalue weighted by molar-refractivity contribution is -0.140. The van der Waals surface area contributed by atoms with E-state index in [0.29, 0.717) is 6.54 Å². The average molecular weight is 268 g/mol. The topological polar surface area (TPSA) is 96.3 Å². The van der Waals surface area contributed by atoms with Gasteiger partial charge in [0.2, 0.25) is 0 Å². The smallest absolute Gasteiger partial charge is 0.326 e. The van der Waals surface area contributed by atoms with Crippen LogP contribution in [0, 0.1) is 12.8 Å². The van der Waals surface area contributed by atoms with Crippen LogP contribution in [0.1, 0.15) is 25.1 Å². The number of aromatic nitrogens is 2. The van der Waals surface area contributed by atoms with Crippen LogP contribution in [0.4, 0.5) is 4.79 Å². The van der Waals surface area contributed by atoms with Gasteiger partial charge in [-0.1, -0.05) is 13.8 Å². The fraction of sp³-hybridized carbons (Fsp3) is 0.583. The zero-order valence-electron chi connectivity index (χ0n) is 11.6. The van der Waals surface area contributed by atoms with Crippen LogP contribution >= 0.6 is 0 Å². The fourth-order valence-electron chi connectivity index (χ4n) is 1.70. The van der Waals surface area contributed by atoms with Crippen LogP contribution in [0.2, 0.25) is 0 Å². The third-order valence-electron chi connectivity index (χ3n) is 2.77. The molecule has 1 atom stereocenters. The molecule has 0 saturated heterocycles. The number of aliphatic carboxylic acids is 1. The molecule has 0 radical (unpaired) electrons. The molecule has 3 N–H and O–H groups in total. The van der Waals surface area contributed by atoms with Crippen LogP contribution < -0.4 is 10.6 Å². The van der Waals surface area contributed by atoms with Crippen molar-refractivity contribution < 1.29 is 14.7 Å². The molecule has 19 heavy (non-hydrogen) atoms. The number of carboxylic acids is 1. The highest BCUT2D eigenvalue weighted by atomic mass is 16.4. The Bertz CT molecular complexity index is 468. The summed E-state index contributed by atoms with van der Waals surface area (Å²) in [7, 11) is 1.80. The van der Waals surface area contributed by atoms with Crippen molar-refractivity contribution >= 4 is 12.0 Å². The van der Waals surface area contributed by atoms with Gasteiger partial charge in [0.15, 0.2) is 0 Å². The minimum atomic E-state index is -1.04. The van der Waals surface area contributed by atoms with E-state index < -0.39 is 18.0 Å². The second-order valence-electron chi connectivity index (χ2n) is 4.80. The van der Waals surface area contributed by atoms with Gasteiger partial charge >= 0.3 is 12.0 Å². The number of hydrogen-bond acceptors (Lipinski definition) is 3. The Labute approximate surface area is 112 Å². The van der Waals surface area contributed by atoms with Crippen molar-refractivity contribution in [3.05, 3.63) is 17.5 Å². The molecule has 0 aliphatic heterocycles. The van der Waals surface area contributed by atoms with Gasteiger partial charge in [0.05, 0.1) is 5.69 Å². The van der Waals surface area contributed by atoms with Crippen LogP contribution in [-0.2, 0) is 18.4 Å². The molecule has 1 rings (SSSR count). The maximum absolute atomic E-state index is 11.6. The molecule has 0 bridgehead atoms. The van der Waals surface area contributed by atoms with Crippen molar-refractivity contribution in [2.45, 2.75) is 33.4 Å². The third kappa shape index (κ3) is 4.27. The Morgan fingerprint density at radius 3 is 2.53 bits per heavy atom. The predicted octanol–water partition coefficient (Wildman–Crippen LogP) is 0.637. The second-order valence-corrected chi connectivity index (χ2v) is 4.80. The summed E-state index contributed by atoms with van der Waals surface area (Å²) in [4.78, 5) is 22.6.